The Balaban J connectivity index is 2.31. The SMILES string of the molecule is CCCCCC(N)=NCc1ccccc1. The van der Waals surface area contributed by atoms with Crippen molar-refractivity contribution in [3.8, 4) is 0 Å². The van der Waals surface area contributed by atoms with E-state index in [1.807, 2.05) is 18.2 Å². The lowest BCUT2D eigenvalue weighted by Crippen LogP contribution is -2.11. The van der Waals surface area contributed by atoms with Gasteiger partial charge in [-0.2, -0.15) is 0 Å². The molecule has 1 aromatic carbocycles. The van der Waals surface area contributed by atoms with E-state index < -0.39 is 0 Å². The molecular weight excluding hydrogens is 184 g/mol. The summed E-state index contributed by atoms with van der Waals surface area (Å²) in [5, 5.41) is 0. The highest BCUT2D eigenvalue weighted by Gasteiger charge is 1.93. The zero-order chi connectivity index (χ0) is 10.9. The van der Waals surface area contributed by atoms with E-state index in [9.17, 15) is 0 Å². The number of aliphatic imine (C=N–C) groups is 1. The summed E-state index contributed by atoms with van der Waals surface area (Å²) in [5.41, 5.74) is 7.03. The molecular formula is C13H20N2. The van der Waals surface area contributed by atoms with Gasteiger partial charge in [0.25, 0.3) is 0 Å². The van der Waals surface area contributed by atoms with Crippen molar-refractivity contribution in [1.29, 1.82) is 0 Å². The first-order valence-corrected chi connectivity index (χ1v) is 5.65. The number of unbranched alkanes of at least 4 members (excludes halogenated alkanes) is 2. The third-order valence-electron chi connectivity index (χ3n) is 2.34. The summed E-state index contributed by atoms with van der Waals surface area (Å²) in [5.74, 6) is 0.785. The van der Waals surface area contributed by atoms with Gasteiger partial charge in [0.2, 0.25) is 0 Å². The van der Waals surface area contributed by atoms with Gasteiger partial charge in [-0.15, -0.1) is 0 Å². The molecule has 0 bridgehead atoms. The van der Waals surface area contributed by atoms with Gasteiger partial charge in [-0.25, -0.2) is 0 Å². The van der Waals surface area contributed by atoms with E-state index in [1.165, 1.54) is 18.4 Å². The van der Waals surface area contributed by atoms with Crippen molar-refractivity contribution in [2.24, 2.45) is 10.7 Å². The number of nitrogens with zero attached hydrogens (tertiary/aromatic N) is 1. The molecule has 2 heteroatoms. The standard InChI is InChI=1S/C13H20N2/c1-2-3-5-10-13(14)15-11-12-8-6-4-7-9-12/h4,6-9H,2-3,5,10-11H2,1H3,(H2,14,15). The molecule has 0 aliphatic carbocycles. The molecule has 0 heterocycles. The van der Waals surface area contributed by atoms with E-state index in [0.29, 0.717) is 6.54 Å². The Kier molecular flexibility index (Phi) is 5.52. The number of nitrogens with two attached hydrogens (primary N) is 1. The van der Waals surface area contributed by atoms with Crippen molar-refractivity contribution >= 4 is 5.84 Å². The van der Waals surface area contributed by atoms with E-state index in [1.54, 1.807) is 0 Å². The van der Waals surface area contributed by atoms with Crippen LogP contribution in [0.3, 0.4) is 0 Å². The largest absolute Gasteiger partial charge is 0.387 e. The fourth-order valence-electron chi connectivity index (χ4n) is 1.41. The highest BCUT2D eigenvalue weighted by atomic mass is 14.8. The van der Waals surface area contributed by atoms with Crippen LogP contribution in [0.4, 0.5) is 0 Å². The van der Waals surface area contributed by atoms with Gasteiger partial charge in [-0.05, 0) is 12.0 Å². The molecule has 0 amide bonds. The van der Waals surface area contributed by atoms with Crippen LogP contribution in [0.1, 0.15) is 38.2 Å². The fraction of sp³-hybridized carbons (Fsp3) is 0.462. The van der Waals surface area contributed by atoms with Crippen molar-refractivity contribution in [1.82, 2.24) is 0 Å². The van der Waals surface area contributed by atoms with E-state index in [-0.39, 0.29) is 0 Å². The smallest absolute Gasteiger partial charge is 0.0941 e. The number of benzene rings is 1. The van der Waals surface area contributed by atoms with Crippen LogP contribution < -0.4 is 5.73 Å². The number of rotatable bonds is 6. The normalized spacial score (nSPS) is 11.7. The van der Waals surface area contributed by atoms with Gasteiger partial charge in [0, 0.05) is 6.42 Å². The molecule has 2 nitrogen and oxygen atoms in total. The van der Waals surface area contributed by atoms with Crippen molar-refractivity contribution in [2.45, 2.75) is 39.2 Å². The third kappa shape index (κ3) is 5.21. The average Bonchev–Trinajstić information content (AvgIpc) is 2.28. The molecule has 0 spiro atoms. The van der Waals surface area contributed by atoms with Crippen molar-refractivity contribution < 1.29 is 0 Å². The predicted molar refractivity (Wildman–Crippen MR) is 65.9 cm³/mol. The highest BCUT2D eigenvalue weighted by molar-refractivity contribution is 5.80. The minimum absolute atomic E-state index is 0.707. The summed E-state index contributed by atoms with van der Waals surface area (Å²) < 4.78 is 0. The predicted octanol–water partition coefficient (Wildman–Crippen LogP) is 3.12. The molecule has 0 saturated carbocycles. The second-order valence-electron chi connectivity index (χ2n) is 3.75. The van der Waals surface area contributed by atoms with Crippen LogP contribution >= 0.6 is 0 Å². The third-order valence-corrected chi connectivity index (χ3v) is 2.34. The van der Waals surface area contributed by atoms with Crippen LogP contribution in [0.5, 0.6) is 0 Å². The van der Waals surface area contributed by atoms with Crippen LogP contribution in [0.2, 0.25) is 0 Å². The van der Waals surface area contributed by atoms with Crippen molar-refractivity contribution in [2.75, 3.05) is 0 Å². The zero-order valence-corrected chi connectivity index (χ0v) is 9.45. The highest BCUT2D eigenvalue weighted by Crippen LogP contribution is 2.02. The summed E-state index contributed by atoms with van der Waals surface area (Å²) in [7, 11) is 0. The van der Waals surface area contributed by atoms with Crippen LogP contribution in [-0.4, -0.2) is 5.84 Å². The minimum atomic E-state index is 0.707. The summed E-state index contributed by atoms with van der Waals surface area (Å²) in [6.07, 6.45) is 4.55. The average molecular weight is 204 g/mol. The van der Waals surface area contributed by atoms with E-state index >= 15 is 0 Å². The Morgan fingerprint density at radius 1 is 1.20 bits per heavy atom. The Bertz CT molecular complexity index is 291. The van der Waals surface area contributed by atoms with Gasteiger partial charge in [0.05, 0.1) is 12.4 Å². The first kappa shape index (κ1) is 11.8. The Hall–Kier alpha value is -1.31. The van der Waals surface area contributed by atoms with Crippen LogP contribution in [0, 0.1) is 0 Å². The van der Waals surface area contributed by atoms with Crippen LogP contribution in [0.25, 0.3) is 0 Å². The lowest BCUT2D eigenvalue weighted by Gasteiger charge is -2.00. The molecule has 82 valence electrons. The summed E-state index contributed by atoms with van der Waals surface area (Å²) in [6.45, 7) is 2.90. The summed E-state index contributed by atoms with van der Waals surface area (Å²) >= 11 is 0. The molecule has 1 rings (SSSR count). The molecule has 0 unspecified atom stereocenters. The second-order valence-corrected chi connectivity index (χ2v) is 3.75. The second kappa shape index (κ2) is 7.04. The van der Waals surface area contributed by atoms with E-state index in [4.69, 9.17) is 5.73 Å². The molecule has 15 heavy (non-hydrogen) atoms. The molecule has 1 aromatic rings. The summed E-state index contributed by atoms with van der Waals surface area (Å²) in [4.78, 5) is 4.36. The van der Waals surface area contributed by atoms with Crippen molar-refractivity contribution in [3.63, 3.8) is 0 Å². The van der Waals surface area contributed by atoms with Crippen molar-refractivity contribution in [3.05, 3.63) is 35.9 Å². The van der Waals surface area contributed by atoms with E-state index in [0.717, 1.165) is 18.7 Å². The maximum Gasteiger partial charge on any atom is 0.0941 e. The molecule has 0 radical (unpaired) electrons. The van der Waals surface area contributed by atoms with Gasteiger partial charge < -0.3 is 5.73 Å². The molecule has 0 aliphatic heterocycles. The molecule has 0 atom stereocenters. The lowest BCUT2D eigenvalue weighted by molar-refractivity contribution is 0.738. The lowest BCUT2D eigenvalue weighted by atomic mass is 10.2. The monoisotopic (exact) mass is 204 g/mol. The number of hydrogen-bond donors (Lipinski definition) is 1. The first-order valence-electron chi connectivity index (χ1n) is 5.65. The number of hydrogen-bond acceptors (Lipinski definition) is 1. The Morgan fingerprint density at radius 3 is 2.60 bits per heavy atom. The first-order chi connectivity index (χ1) is 7.33. The zero-order valence-electron chi connectivity index (χ0n) is 9.45. The van der Waals surface area contributed by atoms with Gasteiger partial charge in [0.15, 0.2) is 0 Å². The van der Waals surface area contributed by atoms with Gasteiger partial charge in [-0.3, -0.25) is 4.99 Å². The molecule has 2 N–H and O–H groups in total. The van der Waals surface area contributed by atoms with Crippen LogP contribution in [-0.2, 0) is 6.54 Å². The molecule has 0 saturated heterocycles. The topological polar surface area (TPSA) is 38.4 Å². The minimum Gasteiger partial charge on any atom is -0.387 e. The Morgan fingerprint density at radius 2 is 1.93 bits per heavy atom. The van der Waals surface area contributed by atoms with Crippen LogP contribution in [0.15, 0.2) is 35.3 Å². The molecule has 0 aliphatic rings. The van der Waals surface area contributed by atoms with Gasteiger partial charge in [0.1, 0.15) is 0 Å². The molecule has 0 fully saturated rings. The van der Waals surface area contributed by atoms with Gasteiger partial charge >= 0.3 is 0 Å². The fourth-order valence-corrected chi connectivity index (χ4v) is 1.41. The maximum absolute atomic E-state index is 5.81. The summed E-state index contributed by atoms with van der Waals surface area (Å²) in [6, 6.07) is 10.2. The maximum atomic E-state index is 5.81. The molecule has 0 aromatic heterocycles. The Labute approximate surface area is 92.2 Å². The van der Waals surface area contributed by atoms with Gasteiger partial charge in [-0.1, -0.05) is 50.1 Å². The van der Waals surface area contributed by atoms with E-state index in [2.05, 4.69) is 24.0 Å². The number of amidine groups is 1. The quantitative estimate of drug-likeness (QED) is 0.431.